The Kier molecular flexibility index (Phi) is 3.70. The average molecular weight is 263 g/mol. The third-order valence-electron chi connectivity index (χ3n) is 2.42. The molecule has 16 heavy (non-hydrogen) atoms. The molecule has 1 aromatic heterocycles. The van der Waals surface area contributed by atoms with Crippen LogP contribution in [0.3, 0.4) is 0 Å². The van der Waals surface area contributed by atoms with Crippen LogP contribution in [-0.4, -0.2) is 51.8 Å². The Morgan fingerprint density at radius 2 is 2.50 bits per heavy atom. The molecular weight excluding hydrogens is 252 g/mol. The van der Waals surface area contributed by atoms with Gasteiger partial charge in [-0.2, -0.15) is 0 Å². The predicted molar refractivity (Wildman–Crippen MR) is 59.6 cm³/mol. The molecule has 1 aromatic rings. The highest BCUT2D eigenvalue weighted by molar-refractivity contribution is 7.15. The molecule has 2 N–H and O–H groups in total. The summed E-state index contributed by atoms with van der Waals surface area (Å²) < 4.78 is 0.386. The fourth-order valence-electron chi connectivity index (χ4n) is 1.65. The van der Waals surface area contributed by atoms with Gasteiger partial charge >= 0.3 is 5.97 Å². The number of aromatic nitrogens is 2. The zero-order valence-electron chi connectivity index (χ0n) is 8.39. The molecule has 0 aromatic carbocycles. The molecule has 1 saturated heterocycles. The highest BCUT2D eigenvalue weighted by atomic mass is 35.5. The van der Waals surface area contributed by atoms with Crippen LogP contribution in [0, 0.1) is 0 Å². The number of carboxylic acids is 1. The lowest BCUT2D eigenvalue weighted by molar-refractivity contribution is -0.144. The van der Waals surface area contributed by atoms with E-state index in [1.807, 2.05) is 4.90 Å². The number of halogens is 1. The van der Waals surface area contributed by atoms with E-state index < -0.39 is 12.0 Å². The molecule has 0 bridgehead atoms. The highest BCUT2D eigenvalue weighted by Gasteiger charge is 2.28. The zero-order chi connectivity index (χ0) is 11.5. The van der Waals surface area contributed by atoms with E-state index in [0.29, 0.717) is 24.1 Å². The number of nitrogens with one attached hydrogen (secondary N) is 1. The van der Waals surface area contributed by atoms with Crippen molar-refractivity contribution in [1.82, 2.24) is 20.4 Å². The minimum atomic E-state index is -0.817. The molecule has 88 valence electrons. The van der Waals surface area contributed by atoms with Crippen molar-refractivity contribution in [2.24, 2.45) is 0 Å². The summed E-state index contributed by atoms with van der Waals surface area (Å²) in [5.41, 5.74) is 0. The Morgan fingerprint density at radius 1 is 1.69 bits per heavy atom. The van der Waals surface area contributed by atoms with Crippen molar-refractivity contribution in [3.8, 4) is 0 Å². The van der Waals surface area contributed by atoms with E-state index in [1.54, 1.807) is 0 Å². The standard InChI is InChI=1S/C8H11ClN4O2S/c9-8-12-11-6(16-8)4-13-2-1-10-3-5(13)7(14)15/h5,10H,1-4H2,(H,14,15). The number of aliphatic carboxylic acids is 1. The molecule has 1 unspecified atom stereocenters. The SMILES string of the molecule is O=C(O)C1CNCCN1Cc1nnc(Cl)s1. The first-order chi connectivity index (χ1) is 7.66. The topological polar surface area (TPSA) is 78.4 Å². The summed E-state index contributed by atoms with van der Waals surface area (Å²) in [6.45, 7) is 2.43. The Labute approximate surface area is 101 Å². The van der Waals surface area contributed by atoms with Gasteiger partial charge in [0.15, 0.2) is 0 Å². The maximum atomic E-state index is 11.0. The summed E-state index contributed by atoms with van der Waals surface area (Å²) in [6.07, 6.45) is 0. The lowest BCUT2D eigenvalue weighted by Gasteiger charge is -2.32. The van der Waals surface area contributed by atoms with Crippen LogP contribution in [0.25, 0.3) is 0 Å². The molecule has 0 saturated carbocycles. The van der Waals surface area contributed by atoms with E-state index in [4.69, 9.17) is 16.7 Å². The maximum absolute atomic E-state index is 11.0. The molecule has 2 rings (SSSR count). The summed E-state index contributed by atoms with van der Waals surface area (Å²) in [4.78, 5) is 12.9. The van der Waals surface area contributed by atoms with Crippen LogP contribution in [0.5, 0.6) is 0 Å². The van der Waals surface area contributed by atoms with Crippen LogP contribution in [0.4, 0.5) is 0 Å². The van der Waals surface area contributed by atoms with Gasteiger partial charge in [0.2, 0.25) is 4.47 Å². The molecule has 0 amide bonds. The molecule has 2 heterocycles. The van der Waals surface area contributed by atoms with Crippen LogP contribution >= 0.6 is 22.9 Å². The third kappa shape index (κ3) is 2.67. The minimum absolute atomic E-state index is 0.386. The van der Waals surface area contributed by atoms with Gasteiger partial charge in [0.25, 0.3) is 0 Å². The Morgan fingerprint density at radius 3 is 3.12 bits per heavy atom. The zero-order valence-corrected chi connectivity index (χ0v) is 9.96. The molecule has 1 aliphatic heterocycles. The van der Waals surface area contributed by atoms with Gasteiger partial charge in [-0.1, -0.05) is 11.3 Å². The number of carbonyl (C=O) groups is 1. The second kappa shape index (κ2) is 5.05. The van der Waals surface area contributed by atoms with Crippen molar-refractivity contribution in [2.75, 3.05) is 19.6 Å². The van der Waals surface area contributed by atoms with E-state index in [0.717, 1.165) is 11.6 Å². The molecule has 0 aliphatic carbocycles. The Hall–Kier alpha value is -0.760. The fraction of sp³-hybridized carbons (Fsp3) is 0.625. The normalized spacial score (nSPS) is 22.2. The van der Waals surface area contributed by atoms with E-state index in [9.17, 15) is 4.79 Å². The van der Waals surface area contributed by atoms with Crippen LogP contribution in [0.2, 0.25) is 4.47 Å². The van der Waals surface area contributed by atoms with Crippen molar-refractivity contribution in [3.63, 3.8) is 0 Å². The molecule has 1 atom stereocenters. The van der Waals surface area contributed by atoms with Crippen molar-refractivity contribution in [2.45, 2.75) is 12.6 Å². The summed E-state index contributed by atoms with van der Waals surface area (Å²) in [6, 6.07) is -0.503. The second-order valence-electron chi connectivity index (χ2n) is 3.48. The van der Waals surface area contributed by atoms with E-state index in [2.05, 4.69) is 15.5 Å². The number of carboxylic acid groups (broad SMARTS) is 1. The van der Waals surface area contributed by atoms with E-state index >= 15 is 0 Å². The molecule has 8 heteroatoms. The molecule has 1 aliphatic rings. The van der Waals surface area contributed by atoms with Gasteiger partial charge in [0, 0.05) is 19.6 Å². The molecule has 1 fully saturated rings. The van der Waals surface area contributed by atoms with Crippen LogP contribution < -0.4 is 5.32 Å². The van der Waals surface area contributed by atoms with E-state index in [-0.39, 0.29) is 0 Å². The number of piperazine rings is 1. The number of nitrogens with zero attached hydrogens (tertiary/aromatic N) is 3. The Balaban J connectivity index is 2.03. The smallest absolute Gasteiger partial charge is 0.322 e. The van der Waals surface area contributed by atoms with Crippen LogP contribution in [0.15, 0.2) is 0 Å². The lowest BCUT2D eigenvalue weighted by Crippen LogP contribution is -2.54. The van der Waals surface area contributed by atoms with Crippen molar-refractivity contribution < 1.29 is 9.90 Å². The minimum Gasteiger partial charge on any atom is -0.480 e. The highest BCUT2D eigenvalue weighted by Crippen LogP contribution is 2.18. The number of hydrogen-bond donors (Lipinski definition) is 2. The van der Waals surface area contributed by atoms with Crippen LogP contribution in [0.1, 0.15) is 5.01 Å². The summed E-state index contributed by atoms with van der Waals surface area (Å²) in [7, 11) is 0. The van der Waals surface area contributed by atoms with Gasteiger partial charge in [-0.05, 0) is 11.6 Å². The Bertz CT molecular complexity index is 386. The number of rotatable bonds is 3. The third-order valence-corrected chi connectivity index (χ3v) is 3.42. The van der Waals surface area contributed by atoms with Gasteiger partial charge < -0.3 is 10.4 Å². The molecular formula is C8H11ClN4O2S. The predicted octanol–water partition coefficient (Wildman–Crippen LogP) is 0.0499. The van der Waals surface area contributed by atoms with Gasteiger partial charge in [-0.3, -0.25) is 9.69 Å². The first kappa shape index (κ1) is 11.7. The van der Waals surface area contributed by atoms with Gasteiger partial charge in [-0.15, -0.1) is 10.2 Å². The summed E-state index contributed by atoms with van der Waals surface area (Å²) in [5.74, 6) is -0.817. The van der Waals surface area contributed by atoms with Crippen molar-refractivity contribution in [1.29, 1.82) is 0 Å². The van der Waals surface area contributed by atoms with E-state index in [1.165, 1.54) is 11.3 Å². The quantitative estimate of drug-likeness (QED) is 0.802. The summed E-state index contributed by atoms with van der Waals surface area (Å²) >= 11 is 6.96. The van der Waals surface area contributed by atoms with Gasteiger partial charge in [0.05, 0.1) is 6.54 Å². The van der Waals surface area contributed by atoms with Gasteiger partial charge in [0.1, 0.15) is 11.0 Å². The van der Waals surface area contributed by atoms with Crippen molar-refractivity contribution in [3.05, 3.63) is 9.47 Å². The molecule has 0 radical (unpaired) electrons. The first-order valence-electron chi connectivity index (χ1n) is 4.82. The monoisotopic (exact) mass is 262 g/mol. The van der Waals surface area contributed by atoms with Gasteiger partial charge in [-0.25, -0.2) is 0 Å². The second-order valence-corrected chi connectivity index (χ2v) is 5.12. The number of hydrogen-bond acceptors (Lipinski definition) is 6. The lowest BCUT2D eigenvalue weighted by atomic mass is 10.2. The first-order valence-corrected chi connectivity index (χ1v) is 6.01. The summed E-state index contributed by atoms with van der Waals surface area (Å²) in [5, 5.41) is 20.4. The fourth-order valence-corrected chi connectivity index (χ4v) is 2.54. The largest absolute Gasteiger partial charge is 0.480 e. The average Bonchev–Trinajstić information content (AvgIpc) is 2.64. The maximum Gasteiger partial charge on any atom is 0.322 e. The van der Waals surface area contributed by atoms with Crippen LogP contribution in [-0.2, 0) is 11.3 Å². The molecule has 0 spiro atoms. The van der Waals surface area contributed by atoms with Crippen molar-refractivity contribution >= 4 is 28.9 Å². The molecule has 6 nitrogen and oxygen atoms in total.